The monoisotopic (exact) mass is 302 g/mol. The van der Waals surface area contributed by atoms with Crippen molar-refractivity contribution in [1.82, 2.24) is 0 Å². The predicted molar refractivity (Wildman–Crippen MR) is 64.4 cm³/mol. The maximum Gasteiger partial charge on any atom is 0.356 e. The molecule has 0 fully saturated rings. The molecule has 0 saturated carbocycles. The zero-order valence-corrected chi connectivity index (χ0v) is 12.1. The lowest BCUT2D eigenvalue weighted by molar-refractivity contribution is 0.115. The highest BCUT2D eigenvalue weighted by molar-refractivity contribution is 9.09. The zero-order chi connectivity index (χ0) is 11.7. The number of alkyl halides is 1. The van der Waals surface area contributed by atoms with Crippen molar-refractivity contribution < 1.29 is 18.3 Å². The lowest BCUT2D eigenvalue weighted by Gasteiger charge is -2.18. The predicted octanol–water partition coefficient (Wildman–Crippen LogP) is 3.75. The van der Waals surface area contributed by atoms with Crippen LogP contribution in [0, 0.1) is 0 Å². The van der Waals surface area contributed by atoms with Crippen molar-refractivity contribution in [3.05, 3.63) is 0 Å². The Morgan fingerprint density at radius 3 is 2.13 bits per heavy atom. The fraction of sp³-hybridized carbons (Fsp3) is 1.00. The highest BCUT2D eigenvalue weighted by atomic mass is 79.9. The summed E-state index contributed by atoms with van der Waals surface area (Å²) in [6.45, 7) is 6.34. The van der Waals surface area contributed by atoms with E-state index in [-0.39, 0.29) is 11.4 Å². The molecule has 0 rings (SSSR count). The Morgan fingerprint density at radius 1 is 1.20 bits per heavy atom. The quantitative estimate of drug-likeness (QED) is 0.481. The van der Waals surface area contributed by atoms with Gasteiger partial charge in [0.1, 0.15) is 11.4 Å². The molecule has 0 aromatic rings. The molecule has 0 radical (unpaired) electrons. The largest absolute Gasteiger partial charge is 0.356 e. The van der Waals surface area contributed by atoms with Crippen LogP contribution in [0.3, 0.4) is 0 Å². The van der Waals surface area contributed by atoms with E-state index >= 15 is 0 Å². The van der Waals surface area contributed by atoms with E-state index in [2.05, 4.69) is 22.9 Å². The first-order chi connectivity index (χ1) is 7.08. The smallest absolute Gasteiger partial charge is 0.354 e. The van der Waals surface area contributed by atoms with Gasteiger partial charge in [0.25, 0.3) is 0 Å². The molecule has 0 aliphatic heterocycles. The third-order valence-corrected chi connectivity index (χ3v) is 4.07. The molecule has 0 N–H and O–H groups in total. The van der Waals surface area contributed by atoms with Crippen molar-refractivity contribution in [2.75, 3.05) is 19.6 Å². The van der Waals surface area contributed by atoms with Crippen molar-refractivity contribution in [3.8, 4) is 0 Å². The summed E-state index contributed by atoms with van der Waals surface area (Å²) >= 11 is 3.34. The molecule has 0 aliphatic carbocycles. The van der Waals surface area contributed by atoms with Crippen molar-refractivity contribution in [2.45, 2.75) is 38.6 Å². The number of hydrogen-bond acceptors (Lipinski definition) is 4. The van der Waals surface area contributed by atoms with Gasteiger partial charge in [-0.25, -0.2) is 0 Å². The molecule has 0 spiro atoms. The first kappa shape index (κ1) is 15.6. The average molecular weight is 303 g/mol. The Balaban J connectivity index is 4.00. The first-order valence-corrected chi connectivity index (χ1v) is 7.86. The molecule has 4 nitrogen and oxygen atoms in total. The standard InChI is InChI=1S/C9H20BrO4P/c1-4-7-9(10)12-8-15(11,13-5-2)14-6-3/h9H,4-8H2,1-3H3. The lowest BCUT2D eigenvalue weighted by Crippen LogP contribution is -2.09. The van der Waals surface area contributed by atoms with Gasteiger partial charge in [-0.3, -0.25) is 4.57 Å². The number of rotatable bonds is 9. The molecule has 1 unspecified atom stereocenters. The van der Waals surface area contributed by atoms with Gasteiger partial charge in [0.05, 0.1) is 13.2 Å². The second kappa shape index (κ2) is 8.71. The van der Waals surface area contributed by atoms with Gasteiger partial charge < -0.3 is 13.8 Å². The zero-order valence-electron chi connectivity index (χ0n) is 9.57. The van der Waals surface area contributed by atoms with Crippen LogP contribution >= 0.6 is 23.5 Å². The van der Waals surface area contributed by atoms with Crippen molar-refractivity contribution in [1.29, 1.82) is 0 Å². The Hall–Kier alpha value is 0.590. The lowest BCUT2D eigenvalue weighted by atomic mass is 10.4. The van der Waals surface area contributed by atoms with Gasteiger partial charge in [0.2, 0.25) is 0 Å². The van der Waals surface area contributed by atoms with E-state index in [1.807, 2.05) is 0 Å². The average Bonchev–Trinajstić information content (AvgIpc) is 2.16. The number of ether oxygens (including phenoxy) is 1. The molecule has 6 heteroatoms. The highest BCUT2D eigenvalue weighted by Crippen LogP contribution is 2.48. The maximum atomic E-state index is 11.9. The van der Waals surface area contributed by atoms with Gasteiger partial charge in [0.15, 0.2) is 0 Å². The molecule has 15 heavy (non-hydrogen) atoms. The topological polar surface area (TPSA) is 44.8 Å². The van der Waals surface area contributed by atoms with Crippen molar-refractivity contribution in [3.63, 3.8) is 0 Å². The van der Waals surface area contributed by atoms with Gasteiger partial charge in [-0.1, -0.05) is 29.3 Å². The second-order valence-corrected chi connectivity index (χ2v) is 5.96. The van der Waals surface area contributed by atoms with Gasteiger partial charge in [-0.2, -0.15) is 0 Å². The van der Waals surface area contributed by atoms with Crippen LogP contribution in [0.25, 0.3) is 0 Å². The second-order valence-electron chi connectivity index (χ2n) is 2.94. The molecule has 0 bridgehead atoms. The summed E-state index contributed by atoms with van der Waals surface area (Å²) in [6, 6.07) is 0. The minimum atomic E-state index is -3.05. The van der Waals surface area contributed by atoms with Crippen LogP contribution in [0.5, 0.6) is 0 Å². The molecule has 0 amide bonds. The molecule has 0 saturated heterocycles. The van der Waals surface area contributed by atoms with Crippen LogP contribution in [0.4, 0.5) is 0 Å². The van der Waals surface area contributed by atoms with Crippen LogP contribution in [-0.2, 0) is 18.3 Å². The Morgan fingerprint density at radius 2 is 1.73 bits per heavy atom. The van der Waals surface area contributed by atoms with Gasteiger partial charge >= 0.3 is 7.60 Å². The molecule has 92 valence electrons. The van der Waals surface area contributed by atoms with E-state index < -0.39 is 7.60 Å². The first-order valence-electron chi connectivity index (χ1n) is 5.21. The molecular formula is C9H20BrO4P. The third-order valence-electron chi connectivity index (χ3n) is 1.58. The van der Waals surface area contributed by atoms with E-state index in [1.54, 1.807) is 13.8 Å². The molecule has 0 aliphatic rings. The fourth-order valence-corrected chi connectivity index (χ4v) is 3.15. The van der Waals surface area contributed by atoms with Crippen LogP contribution in [0.2, 0.25) is 0 Å². The Bertz CT molecular complexity index is 191. The minimum Gasteiger partial charge on any atom is -0.354 e. The Kier molecular flexibility index (Phi) is 9.05. The SMILES string of the molecule is CCCC(Br)OCP(=O)(OCC)OCC. The maximum absolute atomic E-state index is 11.9. The van der Waals surface area contributed by atoms with E-state index in [0.717, 1.165) is 12.8 Å². The van der Waals surface area contributed by atoms with Crippen LogP contribution in [-0.4, -0.2) is 24.6 Å². The minimum absolute atomic E-state index is 0.00456. The van der Waals surface area contributed by atoms with Gasteiger partial charge in [-0.05, 0) is 20.3 Å². The van der Waals surface area contributed by atoms with Crippen LogP contribution < -0.4 is 0 Å². The van der Waals surface area contributed by atoms with Crippen LogP contribution in [0.1, 0.15) is 33.6 Å². The van der Waals surface area contributed by atoms with E-state index in [9.17, 15) is 4.57 Å². The summed E-state index contributed by atoms with van der Waals surface area (Å²) in [4.78, 5) is 0. The van der Waals surface area contributed by atoms with Gasteiger partial charge in [-0.15, -0.1) is 0 Å². The fourth-order valence-electron chi connectivity index (χ4n) is 0.988. The van der Waals surface area contributed by atoms with E-state index in [1.165, 1.54) is 0 Å². The molecule has 0 aromatic carbocycles. The highest BCUT2D eigenvalue weighted by Gasteiger charge is 2.24. The summed E-state index contributed by atoms with van der Waals surface area (Å²) in [5, 5.41) is -0.0864. The molecule has 0 aromatic heterocycles. The summed E-state index contributed by atoms with van der Waals surface area (Å²) in [5.74, 6) is 0. The summed E-state index contributed by atoms with van der Waals surface area (Å²) in [5.41, 5.74) is 0. The van der Waals surface area contributed by atoms with Gasteiger partial charge in [0, 0.05) is 0 Å². The summed E-state index contributed by atoms with van der Waals surface area (Å²) < 4.78 is 27.5. The third kappa shape index (κ3) is 7.47. The van der Waals surface area contributed by atoms with Crippen molar-refractivity contribution >= 4 is 23.5 Å². The normalized spacial score (nSPS) is 14.1. The summed E-state index contributed by atoms with van der Waals surface area (Å²) in [6.07, 6.45) is 1.88. The van der Waals surface area contributed by atoms with E-state index in [0.29, 0.717) is 13.2 Å². The number of halogens is 1. The number of hydrogen-bond donors (Lipinski definition) is 0. The Labute approximate surface area is 100 Å². The van der Waals surface area contributed by atoms with Crippen molar-refractivity contribution in [2.24, 2.45) is 0 Å². The summed E-state index contributed by atoms with van der Waals surface area (Å²) in [7, 11) is -3.05. The van der Waals surface area contributed by atoms with E-state index in [4.69, 9.17) is 13.8 Å². The van der Waals surface area contributed by atoms with Crippen LogP contribution in [0.15, 0.2) is 0 Å². The molecule has 0 heterocycles. The molecular weight excluding hydrogens is 283 g/mol. The molecule has 1 atom stereocenters.